The number of anilines is 1. The van der Waals surface area contributed by atoms with Gasteiger partial charge in [-0.3, -0.25) is 15.0 Å². The number of hydrogen-bond donors (Lipinski definition) is 3. The first kappa shape index (κ1) is 23.9. The van der Waals surface area contributed by atoms with E-state index in [1.807, 2.05) is 24.3 Å². The molecule has 0 aliphatic carbocycles. The Morgan fingerprint density at radius 1 is 0.818 bits per heavy atom. The molecule has 3 N–H and O–H groups in total. The highest BCUT2D eigenvalue weighted by molar-refractivity contribution is 9.10. The molecule has 7 nitrogen and oxygen atoms in total. The van der Waals surface area contributed by atoms with E-state index in [1.165, 1.54) is 24.3 Å². The molecule has 0 saturated heterocycles. The number of carbonyl (C=O) groups excluding carboxylic acids is 3. The smallest absolute Gasteiger partial charge is 0.426 e. The largest absolute Gasteiger partial charge is 0.448 e. The highest BCUT2D eigenvalue weighted by Gasteiger charge is 2.20. The summed E-state index contributed by atoms with van der Waals surface area (Å²) >= 11 is 3.40. The predicted octanol–water partition coefficient (Wildman–Crippen LogP) is 4.59. The van der Waals surface area contributed by atoms with Crippen LogP contribution in [0, 0.1) is 11.6 Å². The molecule has 3 rings (SSSR count). The fourth-order valence-corrected chi connectivity index (χ4v) is 3.34. The molecular weight excluding hydrogens is 500 g/mol. The molecule has 3 aromatic rings. The van der Waals surface area contributed by atoms with Crippen molar-refractivity contribution in [2.24, 2.45) is 0 Å². The first-order valence-electron chi connectivity index (χ1n) is 9.67. The van der Waals surface area contributed by atoms with E-state index in [0.717, 1.165) is 28.2 Å². The second-order valence-electron chi connectivity index (χ2n) is 6.65. The van der Waals surface area contributed by atoms with Crippen molar-refractivity contribution >= 4 is 39.5 Å². The molecule has 170 valence electrons. The van der Waals surface area contributed by atoms with Crippen LogP contribution < -0.4 is 16.2 Å². The molecule has 0 saturated carbocycles. The molecular formula is C23H18BrF2N3O4. The zero-order valence-electron chi connectivity index (χ0n) is 17.0. The summed E-state index contributed by atoms with van der Waals surface area (Å²) in [4.78, 5) is 36.7. The summed E-state index contributed by atoms with van der Waals surface area (Å²) in [6, 6.07) is 16.3. The number of halogens is 3. The Bertz CT molecular complexity index is 1170. The van der Waals surface area contributed by atoms with Crippen LogP contribution in [0.4, 0.5) is 19.3 Å². The topological polar surface area (TPSA) is 96.5 Å². The minimum absolute atomic E-state index is 0.00764. The van der Waals surface area contributed by atoms with Crippen molar-refractivity contribution in [2.45, 2.75) is 6.42 Å². The number of nitrogens with one attached hydrogen (secondary N) is 3. The maximum absolute atomic E-state index is 13.9. The van der Waals surface area contributed by atoms with Crippen molar-refractivity contribution in [2.75, 3.05) is 11.9 Å². The van der Waals surface area contributed by atoms with Gasteiger partial charge in [0.15, 0.2) is 0 Å². The Hall–Kier alpha value is -3.79. The third-order valence-corrected chi connectivity index (χ3v) is 5.22. The number of hydrazine groups is 1. The number of carbonyl (C=O) groups is 3. The molecule has 3 amide bonds. The number of ether oxygens (including phenoxy) is 1. The maximum Gasteiger partial charge on any atom is 0.426 e. The van der Waals surface area contributed by atoms with Gasteiger partial charge in [0.1, 0.15) is 17.2 Å². The van der Waals surface area contributed by atoms with Gasteiger partial charge >= 0.3 is 6.09 Å². The van der Waals surface area contributed by atoms with Gasteiger partial charge in [-0.15, -0.1) is 0 Å². The van der Waals surface area contributed by atoms with Crippen molar-refractivity contribution in [1.29, 1.82) is 0 Å². The lowest BCUT2D eigenvalue weighted by molar-refractivity contribution is 0.0911. The zero-order chi connectivity index (χ0) is 23.8. The Labute approximate surface area is 196 Å². The summed E-state index contributed by atoms with van der Waals surface area (Å²) in [5, 5.41) is 2.31. The molecule has 10 heteroatoms. The summed E-state index contributed by atoms with van der Waals surface area (Å²) in [5.74, 6) is -3.92. The van der Waals surface area contributed by atoms with Crippen molar-refractivity contribution < 1.29 is 27.9 Å². The number of benzene rings is 3. The van der Waals surface area contributed by atoms with Crippen LogP contribution in [0.25, 0.3) is 0 Å². The molecule has 0 heterocycles. The molecule has 0 aliphatic heterocycles. The lowest BCUT2D eigenvalue weighted by atomic mass is 10.1. The Morgan fingerprint density at radius 2 is 1.48 bits per heavy atom. The van der Waals surface area contributed by atoms with Gasteiger partial charge in [-0.1, -0.05) is 52.3 Å². The van der Waals surface area contributed by atoms with Gasteiger partial charge in [0.05, 0.1) is 17.9 Å². The van der Waals surface area contributed by atoms with Gasteiger partial charge in [0.25, 0.3) is 11.8 Å². The van der Waals surface area contributed by atoms with Crippen molar-refractivity contribution in [3.8, 4) is 0 Å². The molecule has 3 aromatic carbocycles. The molecule has 0 radical (unpaired) electrons. The van der Waals surface area contributed by atoms with E-state index >= 15 is 0 Å². The van der Waals surface area contributed by atoms with Crippen LogP contribution in [-0.4, -0.2) is 24.5 Å². The van der Waals surface area contributed by atoms with Crippen LogP contribution in [0.15, 0.2) is 71.2 Å². The average molecular weight is 518 g/mol. The normalized spacial score (nSPS) is 10.3. The van der Waals surface area contributed by atoms with Crippen LogP contribution >= 0.6 is 15.9 Å². The fourth-order valence-electron chi connectivity index (χ4n) is 2.86. The van der Waals surface area contributed by atoms with E-state index in [-0.39, 0.29) is 17.9 Å². The monoisotopic (exact) mass is 517 g/mol. The van der Waals surface area contributed by atoms with Gasteiger partial charge < -0.3 is 10.1 Å². The Balaban J connectivity index is 1.57. The minimum Gasteiger partial charge on any atom is -0.448 e. The van der Waals surface area contributed by atoms with E-state index in [9.17, 15) is 23.2 Å². The van der Waals surface area contributed by atoms with Crippen LogP contribution in [0.1, 0.15) is 26.3 Å². The van der Waals surface area contributed by atoms with Crippen LogP contribution in [0.2, 0.25) is 0 Å². The van der Waals surface area contributed by atoms with Gasteiger partial charge in [-0.05, 0) is 35.9 Å². The fraction of sp³-hybridized carbons (Fsp3) is 0.0870. The molecule has 0 atom stereocenters. The average Bonchev–Trinajstić information content (AvgIpc) is 2.79. The number of para-hydroxylation sites is 1. The summed E-state index contributed by atoms with van der Waals surface area (Å²) in [5.41, 5.74) is 4.39. The first-order valence-corrected chi connectivity index (χ1v) is 10.5. The standard InChI is InChI=1S/C23H18BrF2N3O4/c24-16-8-3-1-6-14(16)12-13-33-23(32)29-28-21(30)15-7-2-4-11-19(15)27-22(31)20-17(25)9-5-10-18(20)26/h1-11H,12-13H2,(H,27,31)(H,28,30)(H,29,32). The second-order valence-corrected chi connectivity index (χ2v) is 7.51. The summed E-state index contributed by atoms with van der Waals surface area (Å²) < 4.78 is 33.6. The molecule has 33 heavy (non-hydrogen) atoms. The molecule has 0 aromatic heterocycles. The third kappa shape index (κ3) is 6.36. The van der Waals surface area contributed by atoms with Crippen molar-refractivity contribution in [3.05, 3.63) is 99.5 Å². The quantitative estimate of drug-likeness (QED) is 0.416. The van der Waals surface area contributed by atoms with E-state index in [4.69, 9.17) is 4.74 Å². The summed E-state index contributed by atoms with van der Waals surface area (Å²) in [6.45, 7) is 0.0746. The highest BCUT2D eigenvalue weighted by Crippen LogP contribution is 2.19. The lowest BCUT2D eigenvalue weighted by Crippen LogP contribution is -2.42. The lowest BCUT2D eigenvalue weighted by Gasteiger charge is -2.13. The molecule has 0 fully saturated rings. The van der Waals surface area contributed by atoms with E-state index in [1.54, 1.807) is 0 Å². The third-order valence-electron chi connectivity index (χ3n) is 4.45. The van der Waals surface area contributed by atoms with Crippen molar-refractivity contribution in [3.63, 3.8) is 0 Å². The predicted molar refractivity (Wildman–Crippen MR) is 121 cm³/mol. The highest BCUT2D eigenvalue weighted by atomic mass is 79.9. The molecule has 0 aliphatic rings. The molecule has 0 unspecified atom stereocenters. The Kier molecular flexibility index (Phi) is 8.09. The SMILES string of the molecule is O=C(NNC(=O)c1ccccc1NC(=O)c1c(F)cccc1F)OCCc1ccccc1Br. The molecule has 0 spiro atoms. The van der Waals surface area contributed by atoms with Crippen LogP contribution in [0.5, 0.6) is 0 Å². The van der Waals surface area contributed by atoms with E-state index in [2.05, 4.69) is 32.1 Å². The zero-order valence-corrected chi connectivity index (χ0v) is 18.6. The molecule has 0 bridgehead atoms. The van der Waals surface area contributed by atoms with Crippen molar-refractivity contribution in [1.82, 2.24) is 10.9 Å². The van der Waals surface area contributed by atoms with Crippen LogP contribution in [-0.2, 0) is 11.2 Å². The number of amides is 3. The summed E-state index contributed by atoms with van der Waals surface area (Å²) in [7, 11) is 0. The van der Waals surface area contributed by atoms with Gasteiger partial charge in [-0.2, -0.15) is 0 Å². The van der Waals surface area contributed by atoms with Gasteiger partial charge in [0.2, 0.25) is 0 Å². The maximum atomic E-state index is 13.9. The van der Waals surface area contributed by atoms with Crippen LogP contribution in [0.3, 0.4) is 0 Å². The Morgan fingerprint density at radius 3 is 2.21 bits per heavy atom. The second kappa shape index (κ2) is 11.2. The van der Waals surface area contributed by atoms with Gasteiger partial charge in [0, 0.05) is 10.9 Å². The van der Waals surface area contributed by atoms with E-state index in [0.29, 0.717) is 6.42 Å². The minimum atomic E-state index is -1.06. The number of rotatable bonds is 6. The number of hydrogen-bond acceptors (Lipinski definition) is 4. The van der Waals surface area contributed by atoms with Gasteiger partial charge in [-0.25, -0.2) is 19.0 Å². The van der Waals surface area contributed by atoms with E-state index < -0.39 is 35.1 Å². The first-order chi connectivity index (χ1) is 15.9. The summed E-state index contributed by atoms with van der Waals surface area (Å²) in [6.07, 6.45) is -0.421.